The van der Waals surface area contributed by atoms with E-state index in [9.17, 15) is 9.90 Å². The molecule has 6 nitrogen and oxygen atoms in total. The summed E-state index contributed by atoms with van der Waals surface area (Å²) in [6.07, 6.45) is -0.719. The van der Waals surface area contributed by atoms with E-state index in [1.165, 1.54) is 0 Å². The summed E-state index contributed by atoms with van der Waals surface area (Å²) in [6, 6.07) is 12.9. The number of halogens is 1. The minimum atomic E-state index is -1.18. The molecule has 0 saturated carbocycles. The number of hydrogen-bond acceptors (Lipinski definition) is 5. The van der Waals surface area contributed by atoms with E-state index >= 15 is 0 Å². The number of anilines is 1. The molecule has 2 atom stereocenters. The highest BCUT2D eigenvalue weighted by Gasteiger charge is 2.38. The summed E-state index contributed by atoms with van der Waals surface area (Å²) < 4.78 is 5.22. The number of amides is 1. The number of benzene rings is 2. The first-order valence-corrected chi connectivity index (χ1v) is 9.64. The lowest BCUT2D eigenvalue weighted by molar-refractivity contribution is -0.127. The van der Waals surface area contributed by atoms with Crippen molar-refractivity contribution in [1.82, 2.24) is 5.32 Å². The average molecular weight is 400 g/mol. The van der Waals surface area contributed by atoms with Gasteiger partial charge >= 0.3 is 0 Å². The van der Waals surface area contributed by atoms with E-state index in [-0.39, 0.29) is 5.91 Å². The fourth-order valence-corrected chi connectivity index (χ4v) is 4.05. The van der Waals surface area contributed by atoms with Gasteiger partial charge in [-0.05, 0) is 41.8 Å². The Labute approximate surface area is 168 Å². The van der Waals surface area contributed by atoms with Gasteiger partial charge in [0.25, 0.3) is 5.91 Å². The van der Waals surface area contributed by atoms with Gasteiger partial charge in [0.15, 0.2) is 0 Å². The maximum absolute atomic E-state index is 13.2. The number of fused-ring (bicyclic) bond motifs is 1. The number of rotatable bonds is 4. The Morgan fingerprint density at radius 1 is 1.29 bits per heavy atom. The van der Waals surface area contributed by atoms with E-state index in [1.807, 2.05) is 42.5 Å². The number of carbonyl (C=O) groups excluding carboxylic acids is 1. The zero-order valence-electron chi connectivity index (χ0n) is 15.6. The number of aliphatic hydroxyl groups excluding tert-OH is 1. The van der Waals surface area contributed by atoms with Crippen LogP contribution in [0.4, 0.5) is 5.69 Å². The molecule has 0 fully saturated rings. The molecule has 2 heterocycles. The highest BCUT2D eigenvalue weighted by Crippen LogP contribution is 2.38. The molecule has 4 rings (SSSR count). The first-order chi connectivity index (χ1) is 13.6. The highest BCUT2D eigenvalue weighted by atomic mass is 35.5. The molecule has 0 bridgehead atoms. The predicted octanol–water partition coefficient (Wildman–Crippen LogP) is 2.38. The van der Waals surface area contributed by atoms with Gasteiger partial charge in [-0.25, -0.2) is 0 Å². The summed E-state index contributed by atoms with van der Waals surface area (Å²) in [7, 11) is 1.60. The van der Waals surface area contributed by atoms with Crippen LogP contribution >= 0.6 is 11.6 Å². The Balaban J connectivity index is 1.75. The Hall–Kier alpha value is -2.57. The Kier molecular flexibility index (Phi) is 5.24. The molecule has 1 amide bonds. The molecule has 0 aliphatic carbocycles. The van der Waals surface area contributed by atoms with Gasteiger partial charge in [-0.2, -0.15) is 0 Å². The van der Waals surface area contributed by atoms with Crippen LogP contribution in [-0.2, 0) is 11.2 Å². The average Bonchev–Trinajstić information content (AvgIpc) is 3.20. The molecular formula is C21H22ClN3O3. The molecule has 2 aliphatic rings. The molecule has 146 valence electrons. The minimum Gasteiger partial charge on any atom is -0.497 e. The maximum atomic E-state index is 13.2. The SMILES string of the molecule is COc1ccc(C2Cc3c(Cl)cccc3N(CC3=NCCN3)C(=O)[C@@H]2O)cc1. The number of nitrogens with zero attached hydrogens (tertiary/aromatic N) is 2. The van der Waals surface area contributed by atoms with Crippen molar-refractivity contribution in [2.45, 2.75) is 18.4 Å². The zero-order valence-corrected chi connectivity index (χ0v) is 16.3. The third kappa shape index (κ3) is 3.45. The van der Waals surface area contributed by atoms with Gasteiger partial charge in [0, 0.05) is 23.2 Å². The number of methoxy groups -OCH3 is 1. The van der Waals surface area contributed by atoms with Gasteiger partial charge in [-0.1, -0.05) is 29.8 Å². The summed E-state index contributed by atoms with van der Waals surface area (Å²) in [4.78, 5) is 19.2. The van der Waals surface area contributed by atoms with Crippen molar-refractivity contribution in [1.29, 1.82) is 0 Å². The van der Waals surface area contributed by atoms with Crippen LogP contribution in [0.15, 0.2) is 47.5 Å². The van der Waals surface area contributed by atoms with E-state index in [4.69, 9.17) is 16.3 Å². The van der Waals surface area contributed by atoms with E-state index in [2.05, 4.69) is 10.3 Å². The van der Waals surface area contributed by atoms with Gasteiger partial charge in [-0.15, -0.1) is 0 Å². The van der Waals surface area contributed by atoms with Crippen molar-refractivity contribution in [2.75, 3.05) is 31.6 Å². The maximum Gasteiger partial charge on any atom is 0.256 e. The lowest BCUT2D eigenvalue weighted by Gasteiger charge is -2.25. The number of nitrogens with one attached hydrogen (secondary N) is 1. The van der Waals surface area contributed by atoms with Crippen LogP contribution in [0.5, 0.6) is 5.75 Å². The van der Waals surface area contributed by atoms with Gasteiger partial charge in [0.2, 0.25) is 0 Å². The quantitative estimate of drug-likeness (QED) is 0.827. The van der Waals surface area contributed by atoms with Crippen LogP contribution in [0.3, 0.4) is 0 Å². The molecule has 2 aliphatic heterocycles. The van der Waals surface area contributed by atoms with Crippen molar-refractivity contribution in [3.63, 3.8) is 0 Å². The number of aliphatic imine (C=N–C) groups is 1. The third-order valence-electron chi connectivity index (χ3n) is 5.30. The van der Waals surface area contributed by atoms with Crippen molar-refractivity contribution < 1.29 is 14.6 Å². The topological polar surface area (TPSA) is 74.2 Å². The second-order valence-corrected chi connectivity index (χ2v) is 7.35. The summed E-state index contributed by atoms with van der Waals surface area (Å²) >= 11 is 6.51. The van der Waals surface area contributed by atoms with Crippen molar-refractivity contribution in [2.24, 2.45) is 4.99 Å². The molecule has 0 aromatic heterocycles. The second kappa shape index (κ2) is 7.81. The number of hydrogen-bond donors (Lipinski definition) is 2. The molecule has 0 radical (unpaired) electrons. The van der Waals surface area contributed by atoms with Crippen molar-refractivity contribution in [3.8, 4) is 5.75 Å². The predicted molar refractivity (Wildman–Crippen MR) is 110 cm³/mol. The monoisotopic (exact) mass is 399 g/mol. The van der Waals surface area contributed by atoms with E-state index in [1.54, 1.807) is 12.0 Å². The fraction of sp³-hybridized carbons (Fsp3) is 0.333. The zero-order chi connectivity index (χ0) is 19.7. The number of carbonyl (C=O) groups is 1. The Bertz CT molecular complexity index is 914. The molecule has 0 saturated heterocycles. The van der Waals surface area contributed by atoms with E-state index in [0.29, 0.717) is 24.5 Å². The van der Waals surface area contributed by atoms with Gasteiger partial charge in [-0.3, -0.25) is 9.79 Å². The molecular weight excluding hydrogens is 378 g/mol. The van der Waals surface area contributed by atoms with Gasteiger partial charge in [0.05, 0.1) is 20.2 Å². The van der Waals surface area contributed by atoms with Gasteiger partial charge < -0.3 is 20.1 Å². The number of ether oxygens (including phenoxy) is 1. The molecule has 28 heavy (non-hydrogen) atoms. The van der Waals surface area contributed by atoms with Crippen LogP contribution in [0.25, 0.3) is 0 Å². The van der Waals surface area contributed by atoms with Crippen LogP contribution in [-0.4, -0.2) is 49.7 Å². The molecule has 2 aromatic carbocycles. The van der Waals surface area contributed by atoms with Crippen LogP contribution < -0.4 is 15.0 Å². The number of aliphatic hydroxyl groups is 1. The lowest BCUT2D eigenvalue weighted by Crippen LogP contribution is -2.45. The first-order valence-electron chi connectivity index (χ1n) is 9.26. The Morgan fingerprint density at radius 2 is 2.07 bits per heavy atom. The third-order valence-corrected chi connectivity index (χ3v) is 5.66. The Morgan fingerprint density at radius 3 is 2.75 bits per heavy atom. The molecule has 2 N–H and O–H groups in total. The van der Waals surface area contributed by atoms with E-state index < -0.39 is 12.0 Å². The summed E-state index contributed by atoms with van der Waals surface area (Å²) in [6.45, 7) is 1.74. The summed E-state index contributed by atoms with van der Waals surface area (Å²) in [5, 5.41) is 14.8. The molecule has 7 heteroatoms. The van der Waals surface area contributed by atoms with E-state index in [0.717, 1.165) is 34.9 Å². The molecule has 2 aromatic rings. The molecule has 0 spiro atoms. The largest absolute Gasteiger partial charge is 0.497 e. The summed E-state index contributed by atoms with van der Waals surface area (Å²) in [5.41, 5.74) is 2.45. The fourth-order valence-electron chi connectivity index (χ4n) is 3.80. The normalized spacial score (nSPS) is 21.6. The smallest absolute Gasteiger partial charge is 0.256 e. The first kappa shape index (κ1) is 18.8. The second-order valence-electron chi connectivity index (χ2n) is 6.95. The van der Waals surface area contributed by atoms with Crippen molar-refractivity contribution in [3.05, 3.63) is 58.6 Å². The van der Waals surface area contributed by atoms with Crippen LogP contribution in [0.1, 0.15) is 17.0 Å². The van der Waals surface area contributed by atoms with Gasteiger partial charge in [0.1, 0.15) is 17.7 Å². The summed E-state index contributed by atoms with van der Waals surface area (Å²) in [5.74, 6) is 0.719. The van der Waals surface area contributed by atoms with Crippen LogP contribution in [0, 0.1) is 0 Å². The standard InChI is InChI=1S/C21H22ClN3O3/c1-28-14-7-5-13(6-8-14)15-11-16-17(22)3-2-4-18(16)25(21(27)20(15)26)12-19-23-9-10-24-19/h2-8,15,20,26H,9-12H2,1H3,(H,23,24)/t15?,20-/m1/s1. The lowest BCUT2D eigenvalue weighted by atomic mass is 9.88. The minimum absolute atomic E-state index is 0.290. The number of amidine groups is 1. The molecule has 1 unspecified atom stereocenters. The van der Waals surface area contributed by atoms with Crippen molar-refractivity contribution >= 4 is 29.0 Å². The van der Waals surface area contributed by atoms with Crippen LogP contribution in [0.2, 0.25) is 5.02 Å². The highest BCUT2D eigenvalue weighted by molar-refractivity contribution is 6.32.